The van der Waals surface area contributed by atoms with Crippen molar-refractivity contribution in [3.05, 3.63) is 71.4 Å². The molecule has 0 bridgehead atoms. The average molecular weight is 406 g/mol. The number of benzene rings is 2. The lowest BCUT2D eigenvalue weighted by Gasteiger charge is -2.24. The number of aromatic amines is 1. The number of Topliss-reactive ketones (excluding diaryl/α,β-unsaturated/α-hetero) is 1. The number of carbonyl (C=O) groups excluding carboxylic acids is 2. The van der Waals surface area contributed by atoms with Gasteiger partial charge in [0.15, 0.2) is 0 Å². The summed E-state index contributed by atoms with van der Waals surface area (Å²) in [6.45, 7) is 0.491. The van der Waals surface area contributed by atoms with Crippen molar-refractivity contribution in [1.29, 1.82) is 0 Å². The smallest absolute Gasteiger partial charge is 0.295 e. The molecule has 1 aliphatic rings. The fourth-order valence-corrected chi connectivity index (χ4v) is 3.87. The van der Waals surface area contributed by atoms with Crippen molar-refractivity contribution in [3.63, 3.8) is 0 Å². The molecule has 1 atom stereocenters. The zero-order chi connectivity index (χ0) is 21.3. The number of hydrogen-bond donors (Lipinski definition) is 2. The van der Waals surface area contributed by atoms with Crippen molar-refractivity contribution in [2.45, 2.75) is 6.04 Å². The summed E-state index contributed by atoms with van der Waals surface area (Å²) < 4.78 is 10.4. The summed E-state index contributed by atoms with van der Waals surface area (Å²) in [7, 11) is 3.06. The molecule has 1 unspecified atom stereocenters. The Hall–Kier alpha value is -3.58. The molecule has 7 heteroatoms. The minimum atomic E-state index is -0.734. The SMILES string of the molecule is COCCN1C(=O)C(=O)/C(=C(/O)c2cccc(OC)c2)C1c1c[nH]c2ccccc12. The number of amides is 1. The first-order valence-corrected chi connectivity index (χ1v) is 9.54. The van der Waals surface area contributed by atoms with Gasteiger partial charge < -0.3 is 24.5 Å². The van der Waals surface area contributed by atoms with E-state index in [1.807, 2.05) is 24.3 Å². The number of rotatable bonds is 6. The van der Waals surface area contributed by atoms with Gasteiger partial charge in [0.25, 0.3) is 11.7 Å². The average Bonchev–Trinajstić information content (AvgIpc) is 3.31. The number of nitrogens with one attached hydrogen (secondary N) is 1. The third-order valence-electron chi connectivity index (χ3n) is 5.34. The minimum absolute atomic E-state index is 0.0501. The number of likely N-dealkylation sites (tertiary alicyclic amines) is 1. The van der Waals surface area contributed by atoms with E-state index in [2.05, 4.69) is 4.98 Å². The Kier molecular flexibility index (Phi) is 5.29. The van der Waals surface area contributed by atoms with E-state index in [0.717, 1.165) is 16.5 Å². The number of aliphatic hydroxyl groups is 1. The summed E-state index contributed by atoms with van der Waals surface area (Å²) in [4.78, 5) is 30.5. The monoisotopic (exact) mass is 406 g/mol. The van der Waals surface area contributed by atoms with E-state index in [1.54, 1.807) is 30.5 Å². The molecular formula is C23H22N2O5. The summed E-state index contributed by atoms with van der Waals surface area (Å²) in [5, 5.41) is 12.0. The van der Waals surface area contributed by atoms with Crippen molar-refractivity contribution in [3.8, 4) is 5.75 Å². The molecule has 30 heavy (non-hydrogen) atoms. The van der Waals surface area contributed by atoms with Crippen LogP contribution in [0.2, 0.25) is 0 Å². The Balaban J connectivity index is 1.92. The second-order valence-corrected chi connectivity index (χ2v) is 7.01. The zero-order valence-electron chi connectivity index (χ0n) is 16.7. The summed E-state index contributed by atoms with van der Waals surface area (Å²) in [6, 6.07) is 13.7. The van der Waals surface area contributed by atoms with Gasteiger partial charge in [-0.15, -0.1) is 0 Å². The number of nitrogens with zero attached hydrogens (tertiary/aromatic N) is 1. The summed E-state index contributed by atoms with van der Waals surface area (Å²) >= 11 is 0. The maximum absolute atomic E-state index is 13.0. The fraction of sp³-hybridized carbons (Fsp3) is 0.217. The first-order valence-electron chi connectivity index (χ1n) is 9.54. The van der Waals surface area contributed by atoms with Gasteiger partial charge in [-0.1, -0.05) is 30.3 Å². The number of aromatic nitrogens is 1. The molecule has 2 N–H and O–H groups in total. The first-order chi connectivity index (χ1) is 14.6. The maximum atomic E-state index is 13.0. The third-order valence-corrected chi connectivity index (χ3v) is 5.34. The molecule has 0 aliphatic carbocycles. The number of aliphatic hydroxyl groups excluding tert-OH is 1. The van der Waals surface area contributed by atoms with Crippen molar-refractivity contribution in [1.82, 2.24) is 9.88 Å². The van der Waals surface area contributed by atoms with Gasteiger partial charge in [-0.05, 0) is 18.2 Å². The summed E-state index contributed by atoms with van der Waals surface area (Å²) in [5.41, 5.74) is 2.08. The van der Waals surface area contributed by atoms with Crippen LogP contribution in [0.15, 0.2) is 60.3 Å². The molecule has 1 aromatic heterocycles. The molecule has 3 aromatic rings. The van der Waals surface area contributed by atoms with Crippen molar-refractivity contribution >= 4 is 28.4 Å². The van der Waals surface area contributed by atoms with Gasteiger partial charge in [-0.25, -0.2) is 0 Å². The molecule has 0 radical (unpaired) electrons. The molecule has 1 aliphatic heterocycles. The molecule has 0 spiro atoms. The van der Waals surface area contributed by atoms with E-state index in [4.69, 9.17) is 9.47 Å². The van der Waals surface area contributed by atoms with Gasteiger partial charge >= 0.3 is 0 Å². The Labute approximate surface area is 173 Å². The first kappa shape index (κ1) is 19.7. The molecule has 2 aromatic carbocycles. The van der Waals surface area contributed by atoms with Crippen molar-refractivity contribution in [2.24, 2.45) is 0 Å². The van der Waals surface area contributed by atoms with Crippen LogP contribution in [-0.2, 0) is 14.3 Å². The Morgan fingerprint density at radius 2 is 1.93 bits per heavy atom. The van der Waals surface area contributed by atoms with Crippen LogP contribution >= 0.6 is 0 Å². The predicted octanol–water partition coefficient (Wildman–Crippen LogP) is 3.24. The van der Waals surface area contributed by atoms with Crippen LogP contribution in [0.3, 0.4) is 0 Å². The van der Waals surface area contributed by atoms with Crippen LogP contribution in [0.1, 0.15) is 17.2 Å². The van der Waals surface area contributed by atoms with Gasteiger partial charge in [-0.3, -0.25) is 9.59 Å². The normalized spacial score (nSPS) is 18.3. The molecular weight excluding hydrogens is 384 g/mol. The Morgan fingerprint density at radius 1 is 1.13 bits per heavy atom. The van der Waals surface area contributed by atoms with Crippen LogP contribution in [0.5, 0.6) is 5.75 Å². The van der Waals surface area contributed by atoms with Crippen molar-refractivity contribution in [2.75, 3.05) is 27.4 Å². The van der Waals surface area contributed by atoms with E-state index >= 15 is 0 Å². The molecule has 1 saturated heterocycles. The van der Waals surface area contributed by atoms with E-state index < -0.39 is 17.7 Å². The number of methoxy groups -OCH3 is 2. The highest BCUT2D eigenvalue weighted by atomic mass is 16.5. The van der Waals surface area contributed by atoms with Crippen LogP contribution in [0.25, 0.3) is 16.7 Å². The highest BCUT2D eigenvalue weighted by molar-refractivity contribution is 6.46. The van der Waals surface area contributed by atoms with Crippen molar-refractivity contribution < 1.29 is 24.2 Å². The standard InChI is InChI=1S/C23H22N2O5/c1-29-11-10-25-20(17-13-24-18-9-4-3-8-16(17)18)19(22(27)23(25)28)21(26)14-6-5-7-15(12-14)30-2/h3-9,12-13,20,24,26H,10-11H2,1-2H3/b21-19+. The van der Waals surface area contributed by atoms with Gasteiger partial charge in [0.05, 0.1) is 25.3 Å². The molecule has 4 rings (SSSR count). The molecule has 7 nitrogen and oxygen atoms in total. The van der Waals surface area contributed by atoms with Gasteiger partial charge in [0.2, 0.25) is 0 Å². The topological polar surface area (TPSA) is 91.9 Å². The number of para-hydroxylation sites is 1. The second kappa shape index (κ2) is 8.04. The van der Waals surface area contributed by atoms with Gasteiger partial charge in [0, 0.05) is 41.9 Å². The highest BCUT2D eigenvalue weighted by Gasteiger charge is 2.46. The van der Waals surface area contributed by atoms with E-state index in [0.29, 0.717) is 11.3 Å². The predicted molar refractivity (Wildman–Crippen MR) is 112 cm³/mol. The van der Waals surface area contributed by atoms with E-state index in [9.17, 15) is 14.7 Å². The number of ketones is 1. The van der Waals surface area contributed by atoms with Crippen LogP contribution in [-0.4, -0.2) is 54.1 Å². The Morgan fingerprint density at radius 3 is 2.70 bits per heavy atom. The quantitative estimate of drug-likeness (QED) is 0.373. The van der Waals surface area contributed by atoms with Crippen LogP contribution in [0, 0.1) is 0 Å². The Bertz CT molecular complexity index is 1150. The number of hydrogen-bond acceptors (Lipinski definition) is 5. The third kappa shape index (κ3) is 3.23. The fourth-order valence-electron chi connectivity index (χ4n) is 3.87. The van der Waals surface area contributed by atoms with E-state index in [1.165, 1.54) is 19.1 Å². The second-order valence-electron chi connectivity index (χ2n) is 7.01. The summed E-state index contributed by atoms with van der Waals surface area (Å²) in [5.74, 6) is -1.08. The molecule has 2 heterocycles. The highest BCUT2D eigenvalue weighted by Crippen LogP contribution is 2.41. The number of carbonyl (C=O) groups is 2. The molecule has 154 valence electrons. The van der Waals surface area contributed by atoms with E-state index in [-0.39, 0.29) is 24.5 Å². The lowest BCUT2D eigenvalue weighted by molar-refractivity contribution is -0.140. The summed E-state index contributed by atoms with van der Waals surface area (Å²) in [6.07, 6.45) is 1.78. The lowest BCUT2D eigenvalue weighted by atomic mass is 9.95. The lowest BCUT2D eigenvalue weighted by Crippen LogP contribution is -2.32. The largest absolute Gasteiger partial charge is 0.507 e. The zero-order valence-corrected chi connectivity index (χ0v) is 16.7. The molecule has 1 amide bonds. The van der Waals surface area contributed by atoms with Gasteiger partial charge in [-0.2, -0.15) is 0 Å². The number of fused-ring (bicyclic) bond motifs is 1. The molecule has 0 saturated carbocycles. The number of H-pyrrole nitrogens is 1. The van der Waals surface area contributed by atoms with Crippen LogP contribution < -0.4 is 4.74 Å². The maximum Gasteiger partial charge on any atom is 0.295 e. The number of ether oxygens (including phenoxy) is 2. The van der Waals surface area contributed by atoms with Gasteiger partial charge in [0.1, 0.15) is 11.5 Å². The van der Waals surface area contributed by atoms with Crippen LogP contribution in [0.4, 0.5) is 0 Å². The molecule has 1 fully saturated rings. The minimum Gasteiger partial charge on any atom is -0.507 e.